The van der Waals surface area contributed by atoms with E-state index in [-0.39, 0.29) is 0 Å². The van der Waals surface area contributed by atoms with Crippen molar-refractivity contribution in [2.24, 2.45) is 10.7 Å². The van der Waals surface area contributed by atoms with Crippen LogP contribution in [0.1, 0.15) is 62.4 Å². The van der Waals surface area contributed by atoms with Gasteiger partial charge in [-0.1, -0.05) is 39.0 Å². The number of hydrogen-bond donors (Lipinski definition) is 3. The van der Waals surface area contributed by atoms with Crippen LogP contribution in [0.2, 0.25) is 0 Å². The number of hydrogen-bond acceptors (Lipinski definition) is 2. The van der Waals surface area contributed by atoms with Crippen LogP contribution in [0.25, 0.3) is 0 Å². The molecule has 0 aromatic carbocycles. The second-order valence-corrected chi connectivity index (χ2v) is 5.31. The largest absolute Gasteiger partial charge is 0.370 e. The number of aromatic amines is 1. The summed E-state index contributed by atoms with van der Waals surface area (Å²) in [7, 11) is 0. The molecule has 0 fully saturated rings. The molecule has 5 heteroatoms. The molecule has 0 unspecified atom stereocenters. The van der Waals surface area contributed by atoms with E-state index < -0.39 is 0 Å². The molecule has 20 heavy (non-hydrogen) atoms. The average molecular weight is 279 g/mol. The number of rotatable bonds is 9. The van der Waals surface area contributed by atoms with Gasteiger partial charge < -0.3 is 11.1 Å². The van der Waals surface area contributed by atoms with Crippen LogP contribution in [-0.2, 0) is 6.54 Å². The van der Waals surface area contributed by atoms with E-state index in [1.807, 2.05) is 13.8 Å². The summed E-state index contributed by atoms with van der Waals surface area (Å²) < 4.78 is 0. The Morgan fingerprint density at radius 1 is 1.20 bits per heavy atom. The second-order valence-electron chi connectivity index (χ2n) is 5.31. The smallest absolute Gasteiger partial charge is 0.188 e. The van der Waals surface area contributed by atoms with Gasteiger partial charge in [0.1, 0.15) is 0 Å². The molecule has 1 heterocycles. The molecule has 0 saturated carbocycles. The number of aromatic nitrogens is 2. The van der Waals surface area contributed by atoms with Gasteiger partial charge in [-0.05, 0) is 20.3 Å². The van der Waals surface area contributed by atoms with Crippen LogP contribution < -0.4 is 11.1 Å². The van der Waals surface area contributed by atoms with Gasteiger partial charge in [-0.2, -0.15) is 5.10 Å². The van der Waals surface area contributed by atoms with Crippen LogP contribution in [0, 0.1) is 13.8 Å². The molecule has 0 radical (unpaired) electrons. The van der Waals surface area contributed by atoms with Crippen LogP contribution in [0.15, 0.2) is 4.99 Å². The molecule has 0 bridgehead atoms. The molecule has 5 nitrogen and oxygen atoms in total. The van der Waals surface area contributed by atoms with E-state index in [0.717, 1.165) is 29.9 Å². The monoisotopic (exact) mass is 279 g/mol. The number of aryl methyl sites for hydroxylation is 2. The van der Waals surface area contributed by atoms with Crippen molar-refractivity contribution in [1.29, 1.82) is 0 Å². The molecule has 0 aliphatic carbocycles. The van der Waals surface area contributed by atoms with E-state index in [0.29, 0.717) is 12.5 Å². The second kappa shape index (κ2) is 9.39. The standard InChI is InChI=1S/C15H29N5/c1-4-5-6-7-8-9-10-17-15(16)18-11-14-12(2)19-20-13(14)3/h4-11H2,1-3H3,(H,19,20)(H3,16,17,18). The Balaban J connectivity index is 2.16. The molecule has 0 aliphatic rings. The lowest BCUT2D eigenvalue weighted by Crippen LogP contribution is -2.32. The number of nitrogens with zero attached hydrogens (tertiary/aromatic N) is 2. The van der Waals surface area contributed by atoms with Crippen molar-refractivity contribution in [1.82, 2.24) is 15.5 Å². The summed E-state index contributed by atoms with van der Waals surface area (Å²) >= 11 is 0. The van der Waals surface area contributed by atoms with Gasteiger partial charge in [0, 0.05) is 17.8 Å². The number of guanidine groups is 1. The Morgan fingerprint density at radius 2 is 1.90 bits per heavy atom. The van der Waals surface area contributed by atoms with Gasteiger partial charge in [0.05, 0.1) is 12.2 Å². The van der Waals surface area contributed by atoms with Gasteiger partial charge in [0.15, 0.2) is 5.96 Å². The van der Waals surface area contributed by atoms with Crippen molar-refractivity contribution in [3.63, 3.8) is 0 Å². The zero-order chi connectivity index (χ0) is 14.8. The highest BCUT2D eigenvalue weighted by Gasteiger charge is 2.04. The van der Waals surface area contributed by atoms with Gasteiger partial charge in [-0.15, -0.1) is 0 Å². The average Bonchev–Trinajstić information content (AvgIpc) is 2.75. The Bertz CT molecular complexity index is 389. The highest BCUT2D eigenvalue weighted by atomic mass is 15.1. The van der Waals surface area contributed by atoms with Crippen LogP contribution in [0.5, 0.6) is 0 Å². The molecule has 0 aliphatic heterocycles. The molecule has 0 saturated heterocycles. The molecule has 0 amide bonds. The predicted octanol–water partition coefficient (Wildman–Crippen LogP) is 2.79. The van der Waals surface area contributed by atoms with Gasteiger partial charge in [0.25, 0.3) is 0 Å². The Morgan fingerprint density at radius 3 is 2.55 bits per heavy atom. The fourth-order valence-corrected chi connectivity index (χ4v) is 2.15. The first-order chi connectivity index (χ1) is 9.65. The third kappa shape index (κ3) is 6.08. The summed E-state index contributed by atoms with van der Waals surface area (Å²) in [4.78, 5) is 4.36. The SMILES string of the molecule is CCCCCCCCNC(N)=NCc1c(C)n[nH]c1C. The number of nitrogens with one attached hydrogen (secondary N) is 2. The fourth-order valence-electron chi connectivity index (χ4n) is 2.15. The van der Waals surface area contributed by atoms with Gasteiger partial charge in [-0.25, -0.2) is 4.99 Å². The van der Waals surface area contributed by atoms with Crippen molar-refractivity contribution in [2.75, 3.05) is 6.54 Å². The molecule has 0 spiro atoms. The first-order valence-electron chi connectivity index (χ1n) is 7.69. The quantitative estimate of drug-likeness (QED) is 0.369. The Hall–Kier alpha value is -1.52. The predicted molar refractivity (Wildman–Crippen MR) is 84.8 cm³/mol. The molecule has 1 aromatic rings. The van der Waals surface area contributed by atoms with Crippen molar-refractivity contribution in [3.05, 3.63) is 17.0 Å². The van der Waals surface area contributed by atoms with Crippen LogP contribution in [0.4, 0.5) is 0 Å². The summed E-state index contributed by atoms with van der Waals surface area (Å²) in [5, 5.41) is 10.3. The summed E-state index contributed by atoms with van der Waals surface area (Å²) in [5.41, 5.74) is 9.05. The molecule has 4 N–H and O–H groups in total. The van der Waals surface area contributed by atoms with Crippen molar-refractivity contribution < 1.29 is 0 Å². The fraction of sp³-hybridized carbons (Fsp3) is 0.733. The first kappa shape index (κ1) is 16.5. The molecular weight excluding hydrogens is 250 g/mol. The van der Waals surface area contributed by atoms with Gasteiger partial charge in [0.2, 0.25) is 0 Å². The lowest BCUT2D eigenvalue weighted by Gasteiger charge is -2.05. The highest BCUT2D eigenvalue weighted by Crippen LogP contribution is 2.10. The Labute approximate surface area is 122 Å². The van der Waals surface area contributed by atoms with E-state index in [4.69, 9.17) is 5.73 Å². The maximum atomic E-state index is 5.86. The lowest BCUT2D eigenvalue weighted by atomic mass is 10.1. The minimum Gasteiger partial charge on any atom is -0.370 e. The summed E-state index contributed by atoms with van der Waals surface area (Å²) in [6.45, 7) is 7.72. The lowest BCUT2D eigenvalue weighted by molar-refractivity contribution is 0.601. The molecule has 1 rings (SSSR count). The van der Waals surface area contributed by atoms with Crippen molar-refractivity contribution >= 4 is 5.96 Å². The minimum atomic E-state index is 0.526. The van der Waals surface area contributed by atoms with E-state index >= 15 is 0 Å². The topological polar surface area (TPSA) is 79.1 Å². The van der Waals surface area contributed by atoms with E-state index in [1.165, 1.54) is 32.1 Å². The van der Waals surface area contributed by atoms with Crippen molar-refractivity contribution in [2.45, 2.75) is 65.8 Å². The minimum absolute atomic E-state index is 0.526. The molecule has 0 atom stereocenters. The normalized spacial score (nSPS) is 11.8. The third-order valence-electron chi connectivity index (χ3n) is 3.52. The Kier molecular flexibility index (Phi) is 7.77. The van der Waals surface area contributed by atoms with Crippen LogP contribution >= 0.6 is 0 Å². The maximum Gasteiger partial charge on any atom is 0.188 e. The first-order valence-corrected chi connectivity index (χ1v) is 7.69. The number of aliphatic imine (C=N–C) groups is 1. The zero-order valence-electron chi connectivity index (χ0n) is 13.1. The molecular formula is C15H29N5. The number of unbranched alkanes of at least 4 members (excludes halogenated alkanes) is 5. The summed E-state index contributed by atoms with van der Waals surface area (Å²) in [6, 6.07) is 0. The van der Waals surface area contributed by atoms with Crippen LogP contribution in [0.3, 0.4) is 0 Å². The van der Waals surface area contributed by atoms with E-state index in [2.05, 4.69) is 27.4 Å². The van der Waals surface area contributed by atoms with Gasteiger partial charge in [-0.3, -0.25) is 5.10 Å². The maximum absolute atomic E-state index is 5.86. The van der Waals surface area contributed by atoms with Crippen LogP contribution in [-0.4, -0.2) is 22.7 Å². The number of H-pyrrole nitrogens is 1. The highest BCUT2D eigenvalue weighted by molar-refractivity contribution is 5.77. The summed E-state index contributed by atoms with van der Waals surface area (Å²) in [6.07, 6.45) is 7.73. The summed E-state index contributed by atoms with van der Waals surface area (Å²) in [5.74, 6) is 0.526. The van der Waals surface area contributed by atoms with Crippen molar-refractivity contribution in [3.8, 4) is 0 Å². The van der Waals surface area contributed by atoms with E-state index in [9.17, 15) is 0 Å². The molecule has 114 valence electrons. The van der Waals surface area contributed by atoms with E-state index in [1.54, 1.807) is 0 Å². The number of nitrogens with two attached hydrogens (primary N) is 1. The molecule has 1 aromatic heterocycles. The van der Waals surface area contributed by atoms with Gasteiger partial charge >= 0.3 is 0 Å². The third-order valence-corrected chi connectivity index (χ3v) is 3.52. The zero-order valence-corrected chi connectivity index (χ0v) is 13.1.